The topological polar surface area (TPSA) is 34.9 Å². The number of halogens is 1. The van der Waals surface area contributed by atoms with Crippen LogP contribution in [-0.2, 0) is 6.42 Å². The zero-order valence-electron chi connectivity index (χ0n) is 14.3. The number of nitrogens with zero attached hydrogens (tertiary/aromatic N) is 2. The van der Waals surface area contributed by atoms with Gasteiger partial charge in [0.05, 0.1) is 22.6 Å². The lowest BCUT2D eigenvalue weighted by Crippen LogP contribution is -2.20. The molecule has 3 aromatic rings. The minimum Gasteiger partial charge on any atom is -0.294 e. The zero-order chi connectivity index (χ0) is 17.6. The van der Waals surface area contributed by atoms with Gasteiger partial charge in [0.2, 0.25) is 0 Å². The number of aryl methyl sites for hydroxylation is 2. The van der Waals surface area contributed by atoms with Crippen molar-refractivity contribution in [2.45, 2.75) is 32.6 Å². The fraction of sp³-hybridized carbons (Fsp3) is 0.238. The SMILES string of the molecule is Cc1ccc(C2CC(=O)c3c(C)nn(-c4ccc(Cl)cc4)c3C2)cc1. The molecule has 1 aliphatic rings. The summed E-state index contributed by atoms with van der Waals surface area (Å²) in [5.41, 5.74) is 5.98. The first-order valence-corrected chi connectivity index (χ1v) is 8.85. The molecule has 25 heavy (non-hydrogen) atoms. The van der Waals surface area contributed by atoms with Crippen LogP contribution in [0.15, 0.2) is 48.5 Å². The van der Waals surface area contributed by atoms with Crippen LogP contribution in [0.2, 0.25) is 5.02 Å². The van der Waals surface area contributed by atoms with E-state index in [4.69, 9.17) is 11.6 Å². The van der Waals surface area contributed by atoms with Gasteiger partial charge in [0.25, 0.3) is 0 Å². The third-order valence-corrected chi connectivity index (χ3v) is 5.18. The highest BCUT2D eigenvalue weighted by Crippen LogP contribution is 2.35. The molecule has 4 heteroatoms. The summed E-state index contributed by atoms with van der Waals surface area (Å²) in [7, 11) is 0. The van der Waals surface area contributed by atoms with Crippen molar-refractivity contribution in [3.63, 3.8) is 0 Å². The van der Waals surface area contributed by atoms with Crippen molar-refractivity contribution >= 4 is 17.4 Å². The highest BCUT2D eigenvalue weighted by molar-refractivity contribution is 6.30. The van der Waals surface area contributed by atoms with Gasteiger partial charge in [0.15, 0.2) is 5.78 Å². The number of hydrogen-bond donors (Lipinski definition) is 0. The van der Waals surface area contributed by atoms with Crippen LogP contribution in [0.3, 0.4) is 0 Å². The van der Waals surface area contributed by atoms with Gasteiger partial charge >= 0.3 is 0 Å². The number of benzene rings is 2. The number of carbonyl (C=O) groups is 1. The Labute approximate surface area is 152 Å². The van der Waals surface area contributed by atoms with E-state index in [0.717, 1.165) is 29.1 Å². The van der Waals surface area contributed by atoms with Crippen LogP contribution in [0.5, 0.6) is 0 Å². The van der Waals surface area contributed by atoms with Crippen LogP contribution in [0.4, 0.5) is 0 Å². The second-order valence-corrected chi connectivity index (χ2v) is 7.17. The molecule has 1 heterocycles. The first-order valence-electron chi connectivity index (χ1n) is 8.47. The monoisotopic (exact) mass is 350 g/mol. The van der Waals surface area contributed by atoms with E-state index in [1.807, 2.05) is 35.9 Å². The predicted octanol–water partition coefficient (Wildman–Crippen LogP) is 5.06. The van der Waals surface area contributed by atoms with Gasteiger partial charge in [-0.05, 0) is 56.0 Å². The quantitative estimate of drug-likeness (QED) is 0.647. The second-order valence-electron chi connectivity index (χ2n) is 6.73. The minimum atomic E-state index is 0.185. The van der Waals surface area contributed by atoms with Gasteiger partial charge in [-0.3, -0.25) is 4.79 Å². The third-order valence-electron chi connectivity index (χ3n) is 4.93. The maximum absolute atomic E-state index is 12.8. The van der Waals surface area contributed by atoms with Gasteiger partial charge in [-0.2, -0.15) is 5.10 Å². The molecule has 0 fully saturated rings. The number of carbonyl (C=O) groups excluding carboxylic acids is 1. The Balaban J connectivity index is 1.78. The Hall–Kier alpha value is -2.39. The van der Waals surface area contributed by atoms with E-state index in [1.54, 1.807) is 0 Å². The number of Topliss-reactive ketones (excluding diaryl/α,β-unsaturated/α-hetero) is 1. The van der Waals surface area contributed by atoms with E-state index >= 15 is 0 Å². The summed E-state index contributed by atoms with van der Waals surface area (Å²) < 4.78 is 1.90. The normalized spacial score (nSPS) is 16.8. The summed E-state index contributed by atoms with van der Waals surface area (Å²) in [6, 6.07) is 16.1. The minimum absolute atomic E-state index is 0.185. The van der Waals surface area contributed by atoms with Crippen molar-refractivity contribution in [2.75, 3.05) is 0 Å². The maximum atomic E-state index is 12.8. The molecule has 0 saturated carbocycles. The van der Waals surface area contributed by atoms with Gasteiger partial charge in [0, 0.05) is 11.4 Å². The summed E-state index contributed by atoms with van der Waals surface area (Å²) in [6.45, 7) is 3.99. The number of aromatic nitrogens is 2. The summed E-state index contributed by atoms with van der Waals surface area (Å²) >= 11 is 6.00. The molecule has 0 aliphatic heterocycles. The highest BCUT2D eigenvalue weighted by Gasteiger charge is 2.32. The van der Waals surface area contributed by atoms with Crippen molar-refractivity contribution < 1.29 is 4.79 Å². The van der Waals surface area contributed by atoms with Crippen molar-refractivity contribution in [1.82, 2.24) is 9.78 Å². The third kappa shape index (κ3) is 2.89. The molecule has 0 amide bonds. The lowest BCUT2D eigenvalue weighted by atomic mass is 9.81. The van der Waals surface area contributed by atoms with E-state index < -0.39 is 0 Å². The summed E-state index contributed by atoms with van der Waals surface area (Å²) in [6.07, 6.45) is 1.36. The molecule has 0 bridgehead atoms. The molecule has 2 aromatic carbocycles. The highest BCUT2D eigenvalue weighted by atomic mass is 35.5. The van der Waals surface area contributed by atoms with Crippen LogP contribution >= 0.6 is 11.6 Å². The fourth-order valence-electron chi connectivity index (χ4n) is 3.63. The van der Waals surface area contributed by atoms with Gasteiger partial charge in [-0.1, -0.05) is 41.4 Å². The van der Waals surface area contributed by atoms with Crippen molar-refractivity contribution in [1.29, 1.82) is 0 Å². The average molecular weight is 351 g/mol. The zero-order valence-corrected chi connectivity index (χ0v) is 15.0. The number of hydrogen-bond acceptors (Lipinski definition) is 2. The molecule has 4 rings (SSSR count). The summed E-state index contributed by atoms with van der Waals surface area (Å²) in [5.74, 6) is 0.382. The molecule has 3 nitrogen and oxygen atoms in total. The van der Waals surface area contributed by atoms with Crippen molar-refractivity contribution in [2.24, 2.45) is 0 Å². The van der Waals surface area contributed by atoms with Crippen LogP contribution in [0, 0.1) is 13.8 Å². The lowest BCUT2D eigenvalue weighted by Gasteiger charge is -2.23. The molecular weight excluding hydrogens is 332 g/mol. The summed E-state index contributed by atoms with van der Waals surface area (Å²) in [5, 5.41) is 5.33. The Morgan fingerprint density at radius 1 is 1.00 bits per heavy atom. The molecule has 0 saturated heterocycles. The fourth-order valence-corrected chi connectivity index (χ4v) is 3.75. The Morgan fingerprint density at radius 3 is 2.36 bits per heavy atom. The summed E-state index contributed by atoms with van der Waals surface area (Å²) in [4.78, 5) is 12.8. The smallest absolute Gasteiger partial charge is 0.167 e. The molecule has 1 atom stereocenters. The van der Waals surface area contributed by atoms with Crippen molar-refractivity contribution in [3.05, 3.63) is 81.6 Å². The van der Waals surface area contributed by atoms with Crippen LogP contribution in [0.25, 0.3) is 5.69 Å². The maximum Gasteiger partial charge on any atom is 0.167 e. The standard InChI is InChI=1S/C21H19ClN2O/c1-13-3-5-15(6-4-13)16-11-19-21(20(25)12-16)14(2)23-24(19)18-9-7-17(22)8-10-18/h3-10,16H,11-12H2,1-2H3. The second kappa shape index (κ2) is 6.16. The Kier molecular flexibility index (Phi) is 3.97. The van der Waals surface area contributed by atoms with Crippen LogP contribution < -0.4 is 0 Å². The molecule has 0 spiro atoms. The first-order chi connectivity index (χ1) is 12.0. The van der Waals surface area contributed by atoms with Crippen LogP contribution in [0.1, 0.15) is 45.2 Å². The average Bonchev–Trinajstić information content (AvgIpc) is 2.93. The predicted molar refractivity (Wildman–Crippen MR) is 99.9 cm³/mol. The molecule has 1 unspecified atom stereocenters. The van der Waals surface area contributed by atoms with E-state index in [1.165, 1.54) is 11.1 Å². The largest absolute Gasteiger partial charge is 0.294 e. The Morgan fingerprint density at radius 2 is 1.68 bits per heavy atom. The molecule has 0 radical (unpaired) electrons. The molecule has 0 N–H and O–H groups in total. The van der Waals surface area contributed by atoms with E-state index in [2.05, 4.69) is 36.3 Å². The van der Waals surface area contributed by atoms with E-state index in [0.29, 0.717) is 11.4 Å². The number of fused-ring (bicyclic) bond motifs is 1. The van der Waals surface area contributed by atoms with Gasteiger partial charge in [-0.25, -0.2) is 4.68 Å². The van der Waals surface area contributed by atoms with E-state index in [-0.39, 0.29) is 11.7 Å². The molecule has 126 valence electrons. The Bertz CT molecular complexity index is 939. The number of rotatable bonds is 2. The number of ketones is 1. The molecule has 1 aliphatic carbocycles. The van der Waals surface area contributed by atoms with Crippen LogP contribution in [-0.4, -0.2) is 15.6 Å². The first kappa shape index (κ1) is 16.1. The van der Waals surface area contributed by atoms with Crippen molar-refractivity contribution in [3.8, 4) is 5.69 Å². The van der Waals surface area contributed by atoms with Gasteiger partial charge in [0.1, 0.15) is 0 Å². The van der Waals surface area contributed by atoms with E-state index in [9.17, 15) is 4.79 Å². The van der Waals surface area contributed by atoms with Gasteiger partial charge in [-0.15, -0.1) is 0 Å². The molecule has 1 aromatic heterocycles. The lowest BCUT2D eigenvalue weighted by molar-refractivity contribution is 0.0963. The molecular formula is C21H19ClN2O. The van der Waals surface area contributed by atoms with Gasteiger partial charge < -0.3 is 0 Å².